The van der Waals surface area contributed by atoms with Crippen LogP contribution in [0, 0.1) is 20.8 Å². The predicted molar refractivity (Wildman–Crippen MR) is 114 cm³/mol. The Bertz CT molecular complexity index is 1190. The Morgan fingerprint density at radius 2 is 1.59 bits per heavy atom. The maximum absolute atomic E-state index is 4.97. The first-order chi connectivity index (χ1) is 12.9. The Balaban J connectivity index is 2.13. The second-order valence-corrected chi connectivity index (χ2v) is 7.56. The van der Waals surface area contributed by atoms with Gasteiger partial charge in [0.25, 0.3) is 0 Å². The normalized spacial score (nSPS) is 11.3. The molecule has 4 aromatic rings. The fourth-order valence-corrected chi connectivity index (χ4v) is 4.14. The molecule has 0 unspecified atom stereocenters. The highest BCUT2D eigenvalue weighted by Crippen LogP contribution is 2.36. The van der Waals surface area contributed by atoms with Crippen LogP contribution in [0.2, 0.25) is 0 Å². The number of rotatable bonds is 2. The van der Waals surface area contributed by atoms with Crippen LogP contribution in [0.4, 0.5) is 5.69 Å². The molecule has 0 amide bonds. The van der Waals surface area contributed by atoms with Gasteiger partial charge in [0.15, 0.2) is 0 Å². The van der Waals surface area contributed by atoms with Gasteiger partial charge in [0.2, 0.25) is 11.2 Å². The lowest BCUT2D eigenvalue weighted by molar-refractivity contribution is -0.634. The lowest BCUT2D eigenvalue weighted by Crippen LogP contribution is -2.34. The van der Waals surface area contributed by atoms with Crippen molar-refractivity contribution in [1.29, 1.82) is 0 Å². The van der Waals surface area contributed by atoms with Gasteiger partial charge in [-0.05, 0) is 43.4 Å². The fraction of sp³-hybridized carbons (Fsp3) is 0.250. The summed E-state index contributed by atoms with van der Waals surface area (Å²) in [5.41, 5.74) is 9.46. The van der Waals surface area contributed by atoms with E-state index in [1.165, 1.54) is 38.8 Å². The molecule has 3 aromatic carbocycles. The zero-order valence-corrected chi connectivity index (χ0v) is 17.0. The van der Waals surface area contributed by atoms with Crippen LogP contribution in [0.1, 0.15) is 16.8 Å². The lowest BCUT2D eigenvalue weighted by atomic mass is 9.94. The SMILES string of the molecule is Cc1nc2c(C)cccc2[n+](C)c1-c1cc(N(C)C)c2ccccc2c1C. The summed E-state index contributed by atoms with van der Waals surface area (Å²) < 4.78 is 2.29. The Hall–Kier alpha value is -2.94. The summed E-state index contributed by atoms with van der Waals surface area (Å²) in [6.45, 7) is 6.46. The summed E-state index contributed by atoms with van der Waals surface area (Å²) in [6, 6.07) is 17.3. The third kappa shape index (κ3) is 2.66. The van der Waals surface area contributed by atoms with Crippen molar-refractivity contribution in [3.63, 3.8) is 0 Å². The molecule has 0 saturated heterocycles. The quantitative estimate of drug-likeness (QED) is 0.478. The van der Waals surface area contributed by atoms with Crippen LogP contribution in [0.15, 0.2) is 48.5 Å². The Morgan fingerprint density at radius 3 is 2.30 bits per heavy atom. The number of para-hydroxylation sites is 1. The van der Waals surface area contributed by atoms with E-state index in [0.717, 1.165) is 16.7 Å². The number of aromatic nitrogens is 2. The molecule has 0 atom stereocenters. The molecule has 0 aliphatic heterocycles. The molecule has 0 spiro atoms. The molecular formula is C24H26N3+. The minimum atomic E-state index is 1.06. The van der Waals surface area contributed by atoms with Crippen molar-refractivity contribution in [3.8, 4) is 11.3 Å². The van der Waals surface area contributed by atoms with E-state index in [1.54, 1.807) is 0 Å². The van der Waals surface area contributed by atoms with Crippen LogP contribution in [0.25, 0.3) is 33.1 Å². The van der Waals surface area contributed by atoms with Gasteiger partial charge in [-0.1, -0.05) is 36.4 Å². The van der Waals surface area contributed by atoms with Gasteiger partial charge in [0.05, 0.1) is 5.56 Å². The van der Waals surface area contributed by atoms with E-state index in [2.05, 4.69) is 99.9 Å². The maximum atomic E-state index is 4.97. The Labute approximate surface area is 160 Å². The maximum Gasteiger partial charge on any atom is 0.234 e. The van der Waals surface area contributed by atoms with Gasteiger partial charge in [-0.25, -0.2) is 4.98 Å². The van der Waals surface area contributed by atoms with Crippen LogP contribution in [0.5, 0.6) is 0 Å². The summed E-state index contributed by atoms with van der Waals surface area (Å²) in [7, 11) is 6.36. The standard InChI is InChI=1S/C24H26N3/c1-15-10-9-13-21-23(15)25-17(3)24(27(21)6)20-14-22(26(4)5)19-12-8-7-11-18(19)16(20)2/h7-14H,1-6H3/q+1. The first-order valence-corrected chi connectivity index (χ1v) is 9.36. The molecule has 3 nitrogen and oxygen atoms in total. The Morgan fingerprint density at radius 1 is 0.889 bits per heavy atom. The van der Waals surface area contributed by atoms with Crippen molar-refractivity contribution in [2.45, 2.75) is 20.8 Å². The van der Waals surface area contributed by atoms with Crippen LogP contribution in [-0.4, -0.2) is 19.1 Å². The van der Waals surface area contributed by atoms with Crippen LogP contribution in [-0.2, 0) is 7.05 Å². The lowest BCUT2D eigenvalue weighted by Gasteiger charge is -2.19. The molecule has 0 aliphatic rings. The first-order valence-electron chi connectivity index (χ1n) is 9.36. The monoisotopic (exact) mass is 356 g/mol. The van der Waals surface area contributed by atoms with Crippen molar-refractivity contribution in [2.75, 3.05) is 19.0 Å². The van der Waals surface area contributed by atoms with Crippen molar-refractivity contribution < 1.29 is 4.57 Å². The average molecular weight is 356 g/mol. The molecule has 27 heavy (non-hydrogen) atoms. The van der Waals surface area contributed by atoms with Crippen molar-refractivity contribution in [3.05, 3.63) is 65.4 Å². The molecule has 3 heteroatoms. The second kappa shape index (κ2) is 6.34. The van der Waals surface area contributed by atoms with Gasteiger partial charge < -0.3 is 4.90 Å². The third-order valence-corrected chi connectivity index (χ3v) is 5.56. The number of hydrogen-bond acceptors (Lipinski definition) is 2. The van der Waals surface area contributed by atoms with Gasteiger partial charge >= 0.3 is 0 Å². The molecule has 0 aliphatic carbocycles. The van der Waals surface area contributed by atoms with Gasteiger partial charge in [0, 0.05) is 31.2 Å². The van der Waals surface area contributed by atoms with E-state index in [-0.39, 0.29) is 0 Å². The molecule has 0 radical (unpaired) electrons. The summed E-state index contributed by atoms with van der Waals surface area (Å²) in [5, 5.41) is 2.58. The van der Waals surface area contributed by atoms with E-state index in [9.17, 15) is 0 Å². The van der Waals surface area contributed by atoms with Gasteiger partial charge in [-0.2, -0.15) is 4.57 Å². The minimum absolute atomic E-state index is 1.06. The summed E-state index contributed by atoms with van der Waals surface area (Å²) in [5.74, 6) is 0. The smallest absolute Gasteiger partial charge is 0.234 e. The van der Waals surface area contributed by atoms with Gasteiger partial charge in [-0.15, -0.1) is 0 Å². The molecule has 0 fully saturated rings. The average Bonchev–Trinajstić information content (AvgIpc) is 2.64. The molecular weight excluding hydrogens is 330 g/mol. The van der Waals surface area contributed by atoms with E-state index >= 15 is 0 Å². The van der Waals surface area contributed by atoms with E-state index < -0.39 is 0 Å². The third-order valence-electron chi connectivity index (χ3n) is 5.56. The van der Waals surface area contributed by atoms with Crippen molar-refractivity contribution in [1.82, 2.24) is 4.98 Å². The van der Waals surface area contributed by atoms with E-state index in [0.29, 0.717) is 0 Å². The van der Waals surface area contributed by atoms with Gasteiger partial charge in [-0.3, -0.25) is 0 Å². The highest BCUT2D eigenvalue weighted by Gasteiger charge is 2.23. The topological polar surface area (TPSA) is 20.0 Å². The van der Waals surface area contributed by atoms with E-state index in [4.69, 9.17) is 4.98 Å². The number of aryl methyl sites for hydroxylation is 4. The van der Waals surface area contributed by atoms with Crippen LogP contribution >= 0.6 is 0 Å². The highest BCUT2D eigenvalue weighted by atomic mass is 15.1. The Kier molecular flexibility index (Phi) is 4.11. The molecule has 1 heterocycles. The first kappa shape index (κ1) is 17.5. The predicted octanol–water partition coefficient (Wildman–Crippen LogP) is 4.87. The molecule has 0 saturated carbocycles. The zero-order valence-electron chi connectivity index (χ0n) is 17.0. The molecule has 4 rings (SSSR count). The highest BCUT2D eigenvalue weighted by molar-refractivity contribution is 6.00. The number of anilines is 1. The summed E-state index contributed by atoms with van der Waals surface area (Å²) in [4.78, 5) is 7.17. The number of benzene rings is 3. The van der Waals surface area contributed by atoms with Crippen LogP contribution in [0.3, 0.4) is 0 Å². The minimum Gasteiger partial charge on any atom is -0.377 e. The van der Waals surface area contributed by atoms with Crippen molar-refractivity contribution in [2.24, 2.45) is 7.05 Å². The van der Waals surface area contributed by atoms with E-state index in [1.807, 2.05) is 0 Å². The fourth-order valence-electron chi connectivity index (χ4n) is 4.14. The number of fused-ring (bicyclic) bond motifs is 2. The summed E-state index contributed by atoms with van der Waals surface area (Å²) >= 11 is 0. The number of hydrogen-bond donors (Lipinski definition) is 0. The molecule has 136 valence electrons. The van der Waals surface area contributed by atoms with Gasteiger partial charge in [0.1, 0.15) is 18.3 Å². The van der Waals surface area contributed by atoms with Crippen molar-refractivity contribution >= 4 is 27.5 Å². The molecule has 0 bridgehead atoms. The number of nitrogens with zero attached hydrogens (tertiary/aromatic N) is 3. The second-order valence-electron chi connectivity index (χ2n) is 7.56. The molecule has 0 N–H and O–H groups in total. The van der Waals surface area contributed by atoms with Crippen LogP contribution < -0.4 is 9.47 Å². The molecule has 1 aromatic heterocycles. The zero-order chi connectivity index (χ0) is 19.3. The summed E-state index contributed by atoms with van der Waals surface area (Å²) in [6.07, 6.45) is 0. The largest absolute Gasteiger partial charge is 0.377 e.